The molecule has 0 saturated heterocycles. The number of alkyl halides is 1. The monoisotopic (exact) mass is 218 g/mol. The molecule has 0 bridgehead atoms. The van der Waals surface area contributed by atoms with Crippen LogP contribution in [0.3, 0.4) is 0 Å². The summed E-state index contributed by atoms with van der Waals surface area (Å²) in [5, 5.41) is 1.09. The third-order valence-corrected chi connectivity index (χ3v) is 2.43. The number of hydrogen-bond donors (Lipinski definition) is 0. The number of allylic oxidation sites excluding steroid dienone is 2. The fourth-order valence-electron chi connectivity index (χ4n) is 1.08. The summed E-state index contributed by atoms with van der Waals surface area (Å²) in [5.74, 6) is 0.849. The van der Waals surface area contributed by atoms with Crippen molar-refractivity contribution in [1.82, 2.24) is 0 Å². The Labute approximate surface area is 79.2 Å². The maximum Gasteiger partial charge on any atom is 0.00660 e. The molecule has 0 heterocycles. The third kappa shape index (κ3) is 6.61. The van der Waals surface area contributed by atoms with Gasteiger partial charge in [-0.2, -0.15) is 0 Å². The van der Waals surface area contributed by atoms with Gasteiger partial charge in [0.1, 0.15) is 0 Å². The van der Waals surface area contributed by atoms with Gasteiger partial charge in [-0.1, -0.05) is 47.8 Å². The van der Waals surface area contributed by atoms with Gasteiger partial charge >= 0.3 is 0 Å². The summed E-state index contributed by atoms with van der Waals surface area (Å²) in [7, 11) is 0. The Kier molecular flexibility index (Phi) is 7.04. The molecule has 0 fully saturated rings. The van der Waals surface area contributed by atoms with Crippen molar-refractivity contribution in [3.05, 3.63) is 11.6 Å². The van der Waals surface area contributed by atoms with Crippen LogP contribution in [0.15, 0.2) is 11.6 Å². The van der Waals surface area contributed by atoms with Crippen LogP contribution in [0.4, 0.5) is 0 Å². The van der Waals surface area contributed by atoms with Crippen molar-refractivity contribution in [2.24, 2.45) is 5.92 Å². The van der Waals surface area contributed by atoms with Gasteiger partial charge in [-0.15, -0.1) is 0 Å². The summed E-state index contributed by atoms with van der Waals surface area (Å²) in [6, 6.07) is 0. The van der Waals surface area contributed by atoms with Crippen molar-refractivity contribution in [2.75, 3.05) is 5.33 Å². The first-order chi connectivity index (χ1) is 5.20. The van der Waals surface area contributed by atoms with E-state index in [1.807, 2.05) is 0 Å². The van der Waals surface area contributed by atoms with Gasteiger partial charge < -0.3 is 0 Å². The minimum absolute atomic E-state index is 0.849. The van der Waals surface area contributed by atoms with Crippen molar-refractivity contribution >= 4 is 15.9 Å². The maximum atomic E-state index is 3.42. The second kappa shape index (κ2) is 6.90. The van der Waals surface area contributed by atoms with E-state index in [0.29, 0.717) is 0 Å². The van der Waals surface area contributed by atoms with Gasteiger partial charge in [0.15, 0.2) is 0 Å². The van der Waals surface area contributed by atoms with Gasteiger partial charge in [-0.3, -0.25) is 0 Å². The van der Waals surface area contributed by atoms with Crippen LogP contribution in [0.1, 0.15) is 40.0 Å². The normalized spacial score (nSPS) is 15.1. The van der Waals surface area contributed by atoms with E-state index in [-0.39, 0.29) is 0 Å². The average Bonchev–Trinajstić information content (AvgIpc) is 2.00. The fourth-order valence-corrected chi connectivity index (χ4v) is 1.31. The van der Waals surface area contributed by atoms with Gasteiger partial charge in [0, 0.05) is 5.33 Å². The van der Waals surface area contributed by atoms with Gasteiger partial charge in [0.05, 0.1) is 0 Å². The zero-order valence-electron chi connectivity index (χ0n) is 7.86. The average molecular weight is 219 g/mol. The Bertz CT molecular complexity index is 116. The topological polar surface area (TPSA) is 0 Å². The molecule has 1 unspecified atom stereocenters. The maximum absolute atomic E-state index is 3.42. The molecule has 0 aliphatic heterocycles. The first kappa shape index (κ1) is 11.2. The highest BCUT2D eigenvalue weighted by atomic mass is 79.9. The second-order valence-electron chi connectivity index (χ2n) is 3.25. The van der Waals surface area contributed by atoms with E-state index in [4.69, 9.17) is 0 Å². The molecule has 0 aromatic rings. The summed E-state index contributed by atoms with van der Waals surface area (Å²) in [4.78, 5) is 0. The standard InChI is InChI=1S/C10H19Br/c1-4-9(2)8-10(3)6-5-7-11/h6,9H,4-5,7-8H2,1-3H3. The quantitative estimate of drug-likeness (QED) is 0.481. The lowest BCUT2D eigenvalue weighted by Crippen LogP contribution is -1.92. The predicted octanol–water partition coefficient (Wildman–Crippen LogP) is 4.15. The molecule has 0 aliphatic rings. The van der Waals surface area contributed by atoms with Crippen LogP contribution in [-0.4, -0.2) is 5.33 Å². The number of halogens is 1. The molecule has 0 saturated carbocycles. The Morgan fingerprint density at radius 1 is 1.55 bits per heavy atom. The summed E-state index contributed by atoms with van der Waals surface area (Å²) < 4.78 is 0. The van der Waals surface area contributed by atoms with E-state index in [9.17, 15) is 0 Å². The lowest BCUT2D eigenvalue weighted by Gasteiger charge is -2.07. The predicted molar refractivity (Wildman–Crippen MR) is 56.2 cm³/mol. The first-order valence-corrected chi connectivity index (χ1v) is 5.54. The summed E-state index contributed by atoms with van der Waals surface area (Å²) in [5.41, 5.74) is 1.54. The Morgan fingerprint density at radius 3 is 2.64 bits per heavy atom. The van der Waals surface area contributed by atoms with Crippen LogP contribution in [0, 0.1) is 5.92 Å². The summed E-state index contributed by atoms with van der Waals surface area (Å²) >= 11 is 3.42. The van der Waals surface area contributed by atoms with Crippen molar-refractivity contribution in [3.63, 3.8) is 0 Å². The first-order valence-electron chi connectivity index (χ1n) is 4.42. The molecule has 0 rings (SSSR count). The van der Waals surface area contributed by atoms with Crippen LogP contribution in [0.2, 0.25) is 0 Å². The van der Waals surface area contributed by atoms with E-state index in [1.165, 1.54) is 19.3 Å². The van der Waals surface area contributed by atoms with Crippen LogP contribution in [0.25, 0.3) is 0 Å². The molecule has 0 aromatic carbocycles. The third-order valence-electron chi connectivity index (χ3n) is 1.97. The highest BCUT2D eigenvalue weighted by Gasteiger charge is 1.98. The van der Waals surface area contributed by atoms with E-state index in [1.54, 1.807) is 5.57 Å². The molecule has 1 heteroatoms. The van der Waals surface area contributed by atoms with E-state index in [0.717, 1.165) is 11.2 Å². The largest absolute Gasteiger partial charge is 0.0925 e. The molecule has 0 aliphatic carbocycles. The van der Waals surface area contributed by atoms with Gasteiger partial charge in [-0.05, 0) is 25.7 Å². The summed E-state index contributed by atoms with van der Waals surface area (Å²) in [6.07, 6.45) is 6.06. The zero-order valence-corrected chi connectivity index (χ0v) is 9.45. The molecule has 0 amide bonds. The van der Waals surface area contributed by atoms with Gasteiger partial charge in [0.2, 0.25) is 0 Å². The highest BCUT2D eigenvalue weighted by molar-refractivity contribution is 9.09. The smallest absolute Gasteiger partial charge is 0.00660 e. The van der Waals surface area contributed by atoms with Gasteiger partial charge in [0.25, 0.3) is 0 Å². The van der Waals surface area contributed by atoms with Crippen LogP contribution >= 0.6 is 15.9 Å². The Hall–Kier alpha value is 0.220. The highest BCUT2D eigenvalue weighted by Crippen LogP contribution is 2.14. The van der Waals surface area contributed by atoms with Crippen LogP contribution in [0.5, 0.6) is 0 Å². The van der Waals surface area contributed by atoms with Crippen molar-refractivity contribution in [3.8, 4) is 0 Å². The Morgan fingerprint density at radius 2 is 2.18 bits per heavy atom. The molecule has 0 radical (unpaired) electrons. The van der Waals surface area contributed by atoms with Crippen molar-refractivity contribution in [1.29, 1.82) is 0 Å². The SMILES string of the molecule is CCC(C)CC(C)=CCCBr. The Balaban J connectivity index is 3.57. The molecule has 66 valence electrons. The molecule has 1 atom stereocenters. The van der Waals surface area contributed by atoms with Gasteiger partial charge in [-0.25, -0.2) is 0 Å². The minimum Gasteiger partial charge on any atom is -0.0925 e. The second-order valence-corrected chi connectivity index (χ2v) is 4.04. The van der Waals surface area contributed by atoms with E-state index >= 15 is 0 Å². The molecular weight excluding hydrogens is 200 g/mol. The van der Waals surface area contributed by atoms with Crippen molar-refractivity contribution < 1.29 is 0 Å². The fraction of sp³-hybridized carbons (Fsp3) is 0.800. The molecule has 0 aromatic heterocycles. The molecule has 11 heavy (non-hydrogen) atoms. The zero-order chi connectivity index (χ0) is 8.69. The van der Waals surface area contributed by atoms with Crippen LogP contribution < -0.4 is 0 Å². The lowest BCUT2D eigenvalue weighted by atomic mass is 9.99. The number of hydrogen-bond acceptors (Lipinski definition) is 0. The molecule has 0 N–H and O–H groups in total. The molecular formula is C10H19Br. The van der Waals surface area contributed by atoms with Crippen molar-refractivity contribution in [2.45, 2.75) is 40.0 Å². The van der Waals surface area contributed by atoms with E-state index < -0.39 is 0 Å². The minimum atomic E-state index is 0.849. The van der Waals surface area contributed by atoms with E-state index in [2.05, 4.69) is 42.8 Å². The lowest BCUT2D eigenvalue weighted by molar-refractivity contribution is 0.556. The molecule has 0 nitrogen and oxygen atoms in total. The van der Waals surface area contributed by atoms with Crippen LogP contribution in [-0.2, 0) is 0 Å². The number of rotatable bonds is 5. The molecule has 0 spiro atoms. The summed E-state index contributed by atoms with van der Waals surface area (Å²) in [6.45, 7) is 6.79.